The van der Waals surface area contributed by atoms with Crippen molar-refractivity contribution in [2.75, 3.05) is 7.11 Å². The molecule has 7 heteroatoms. The first kappa shape index (κ1) is 11.4. The lowest BCUT2D eigenvalue weighted by atomic mass is 10.1. The van der Waals surface area contributed by atoms with Crippen LogP contribution < -0.4 is 4.74 Å². The minimum absolute atomic E-state index is 0.0490. The summed E-state index contributed by atoms with van der Waals surface area (Å²) in [5.41, 5.74) is -0.658. The van der Waals surface area contributed by atoms with E-state index in [1.165, 1.54) is 13.2 Å². The number of benzene rings is 1. The average Bonchev–Trinajstić information content (AvgIpc) is 2.80. The van der Waals surface area contributed by atoms with Gasteiger partial charge in [-0.2, -0.15) is 18.2 Å². The molecule has 0 saturated heterocycles. The van der Waals surface area contributed by atoms with Crippen molar-refractivity contribution >= 4 is 0 Å². The van der Waals surface area contributed by atoms with Crippen molar-refractivity contribution in [3.63, 3.8) is 0 Å². The first-order chi connectivity index (χ1) is 8.02. The predicted molar refractivity (Wildman–Crippen MR) is 51.3 cm³/mol. The molecule has 0 fully saturated rings. The molecule has 1 aromatic heterocycles. The number of hydrogen-bond acceptors (Lipinski definition) is 4. The Bertz CT molecular complexity index is 509. The SMILES string of the molecule is COc1ccc(C(F)(F)F)cc1-c1ncon1. The molecule has 4 nitrogen and oxygen atoms in total. The number of ether oxygens (including phenoxy) is 1. The van der Waals surface area contributed by atoms with Gasteiger partial charge in [-0.05, 0) is 18.2 Å². The lowest BCUT2D eigenvalue weighted by Crippen LogP contribution is -2.05. The van der Waals surface area contributed by atoms with Crippen LogP contribution in [0.1, 0.15) is 5.56 Å². The number of alkyl halides is 3. The molecule has 0 aliphatic rings. The van der Waals surface area contributed by atoms with Crippen molar-refractivity contribution < 1.29 is 22.4 Å². The molecule has 0 radical (unpaired) electrons. The van der Waals surface area contributed by atoms with E-state index in [9.17, 15) is 13.2 Å². The molecule has 0 aliphatic heterocycles. The fraction of sp³-hybridized carbons (Fsp3) is 0.200. The molecule has 0 atom stereocenters. The largest absolute Gasteiger partial charge is 0.496 e. The summed E-state index contributed by atoms with van der Waals surface area (Å²) in [5.74, 6) is 0.298. The van der Waals surface area contributed by atoms with E-state index in [1.807, 2.05) is 0 Å². The molecular formula is C10H7F3N2O2. The first-order valence-electron chi connectivity index (χ1n) is 4.54. The summed E-state index contributed by atoms with van der Waals surface area (Å²) in [4.78, 5) is 3.69. The summed E-state index contributed by atoms with van der Waals surface area (Å²) in [6, 6.07) is 3.07. The zero-order valence-electron chi connectivity index (χ0n) is 8.65. The van der Waals surface area contributed by atoms with Gasteiger partial charge in [0.1, 0.15) is 5.75 Å². The smallest absolute Gasteiger partial charge is 0.416 e. The molecule has 0 amide bonds. The molecule has 0 N–H and O–H groups in total. The van der Waals surface area contributed by atoms with E-state index >= 15 is 0 Å². The first-order valence-corrected chi connectivity index (χ1v) is 4.54. The van der Waals surface area contributed by atoms with E-state index in [-0.39, 0.29) is 17.1 Å². The van der Waals surface area contributed by atoms with Gasteiger partial charge in [0.25, 0.3) is 0 Å². The molecule has 2 rings (SSSR count). The van der Waals surface area contributed by atoms with E-state index in [0.717, 1.165) is 18.5 Å². The van der Waals surface area contributed by atoms with Crippen molar-refractivity contribution in [2.24, 2.45) is 0 Å². The minimum Gasteiger partial charge on any atom is -0.496 e. The second-order valence-corrected chi connectivity index (χ2v) is 3.17. The standard InChI is InChI=1S/C10H7F3N2O2/c1-16-8-3-2-6(10(11,12)13)4-7(8)9-14-5-17-15-9/h2-5H,1H3. The number of methoxy groups -OCH3 is 1. The Labute approximate surface area is 94.0 Å². The average molecular weight is 244 g/mol. The number of aromatic nitrogens is 2. The van der Waals surface area contributed by atoms with E-state index in [4.69, 9.17) is 4.74 Å². The molecule has 0 unspecified atom stereocenters. The lowest BCUT2D eigenvalue weighted by molar-refractivity contribution is -0.137. The molecular weight excluding hydrogens is 237 g/mol. The van der Waals surface area contributed by atoms with E-state index < -0.39 is 11.7 Å². The maximum Gasteiger partial charge on any atom is 0.416 e. The molecule has 1 aromatic carbocycles. The molecule has 0 spiro atoms. The Morgan fingerprint density at radius 2 is 2.06 bits per heavy atom. The second kappa shape index (κ2) is 4.08. The fourth-order valence-electron chi connectivity index (χ4n) is 1.35. The normalized spacial score (nSPS) is 11.5. The fourth-order valence-corrected chi connectivity index (χ4v) is 1.35. The Hall–Kier alpha value is -2.05. The van der Waals surface area contributed by atoms with Gasteiger partial charge in [0, 0.05) is 0 Å². The Kier molecular flexibility index (Phi) is 2.74. The summed E-state index contributed by atoms with van der Waals surface area (Å²) in [7, 11) is 1.35. The quantitative estimate of drug-likeness (QED) is 0.814. The van der Waals surface area contributed by atoms with Crippen LogP contribution in [0, 0.1) is 0 Å². The molecule has 90 valence electrons. The van der Waals surface area contributed by atoms with Crippen molar-refractivity contribution in [2.45, 2.75) is 6.18 Å². The van der Waals surface area contributed by atoms with E-state index in [2.05, 4.69) is 14.7 Å². The molecule has 17 heavy (non-hydrogen) atoms. The zero-order chi connectivity index (χ0) is 12.5. The van der Waals surface area contributed by atoms with Crippen molar-refractivity contribution in [1.29, 1.82) is 0 Å². The monoisotopic (exact) mass is 244 g/mol. The summed E-state index contributed by atoms with van der Waals surface area (Å²) >= 11 is 0. The lowest BCUT2D eigenvalue weighted by Gasteiger charge is -2.10. The summed E-state index contributed by atoms with van der Waals surface area (Å²) < 4.78 is 47.1. The maximum absolute atomic E-state index is 12.5. The molecule has 2 aromatic rings. The zero-order valence-corrected chi connectivity index (χ0v) is 8.65. The molecule has 0 bridgehead atoms. The molecule has 1 heterocycles. The Morgan fingerprint density at radius 3 is 2.59 bits per heavy atom. The third-order valence-electron chi connectivity index (χ3n) is 2.13. The van der Waals surface area contributed by atoms with Gasteiger partial charge < -0.3 is 9.26 Å². The molecule has 0 aliphatic carbocycles. The Morgan fingerprint density at radius 1 is 1.29 bits per heavy atom. The number of rotatable bonds is 2. The predicted octanol–water partition coefficient (Wildman–Crippen LogP) is 2.76. The topological polar surface area (TPSA) is 48.2 Å². The van der Waals surface area contributed by atoms with Gasteiger partial charge in [0.05, 0.1) is 18.2 Å². The highest BCUT2D eigenvalue weighted by Crippen LogP contribution is 2.35. The number of hydrogen-bond donors (Lipinski definition) is 0. The van der Waals surface area contributed by atoms with Crippen molar-refractivity contribution in [3.8, 4) is 17.1 Å². The van der Waals surface area contributed by atoms with Gasteiger partial charge in [0.2, 0.25) is 12.2 Å². The highest BCUT2D eigenvalue weighted by Gasteiger charge is 2.31. The summed E-state index contributed by atoms with van der Waals surface area (Å²) in [6.45, 7) is 0. The highest BCUT2D eigenvalue weighted by molar-refractivity contribution is 5.64. The van der Waals surface area contributed by atoms with E-state index in [0.29, 0.717) is 0 Å². The van der Waals surface area contributed by atoms with Gasteiger partial charge in [-0.25, -0.2) is 0 Å². The van der Waals surface area contributed by atoms with Crippen LogP contribution in [-0.4, -0.2) is 17.3 Å². The summed E-state index contributed by atoms with van der Waals surface area (Å²) in [5, 5.41) is 3.48. The van der Waals surface area contributed by atoms with Crippen LogP contribution in [0.4, 0.5) is 13.2 Å². The van der Waals surface area contributed by atoms with Crippen LogP contribution in [0.2, 0.25) is 0 Å². The van der Waals surface area contributed by atoms with Gasteiger partial charge in [0.15, 0.2) is 0 Å². The number of nitrogens with zero attached hydrogens (tertiary/aromatic N) is 2. The van der Waals surface area contributed by atoms with Crippen LogP contribution in [0.5, 0.6) is 5.75 Å². The van der Waals surface area contributed by atoms with Gasteiger partial charge in [-0.15, -0.1) is 0 Å². The van der Waals surface area contributed by atoms with Crippen molar-refractivity contribution in [1.82, 2.24) is 10.1 Å². The van der Waals surface area contributed by atoms with Crippen LogP contribution in [0.15, 0.2) is 29.1 Å². The third kappa shape index (κ3) is 2.22. The van der Waals surface area contributed by atoms with Gasteiger partial charge in [-0.1, -0.05) is 5.16 Å². The second-order valence-electron chi connectivity index (χ2n) is 3.17. The number of halogens is 3. The van der Waals surface area contributed by atoms with Gasteiger partial charge in [-0.3, -0.25) is 0 Å². The maximum atomic E-state index is 12.5. The van der Waals surface area contributed by atoms with Crippen LogP contribution in [-0.2, 0) is 6.18 Å². The Balaban J connectivity index is 2.55. The van der Waals surface area contributed by atoms with Crippen molar-refractivity contribution in [3.05, 3.63) is 30.2 Å². The third-order valence-corrected chi connectivity index (χ3v) is 2.13. The summed E-state index contributed by atoms with van der Waals surface area (Å²) in [6.07, 6.45) is -3.39. The van der Waals surface area contributed by atoms with Gasteiger partial charge >= 0.3 is 6.18 Å². The van der Waals surface area contributed by atoms with E-state index in [1.54, 1.807) is 0 Å². The van der Waals surface area contributed by atoms with Crippen LogP contribution >= 0.6 is 0 Å². The van der Waals surface area contributed by atoms with Crippen LogP contribution in [0.3, 0.4) is 0 Å². The molecule has 0 saturated carbocycles. The minimum atomic E-state index is -4.43. The highest BCUT2D eigenvalue weighted by atomic mass is 19.4. The van der Waals surface area contributed by atoms with Crippen LogP contribution in [0.25, 0.3) is 11.4 Å².